The molecule has 3 aromatic rings. The van der Waals surface area contributed by atoms with Gasteiger partial charge in [-0.15, -0.1) is 0 Å². The Morgan fingerprint density at radius 1 is 0.969 bits per heavy atom. The normalized spacial score (nSPS) is 14.5. The van der Waals surface area contributed by atoms with Crippen molar-refractivity contribution in [1.82, 2.24) is 0 Å². The first-order valence-corrected chi connectivity index (χ1v) is 9.85. The van der Waals surface area contributed by atoms with Crippen LogP contribution in [0.1, 0.15) is 11.1 Å². The van der Waals surface area contributed by atoms with Crippen LogP contribution >= 0.6 is 23.2 Å². The summed E-state index contributed by atoms with van der Waals surface area (Å²) in [7, 11) is 4.41. The van der Waals surface area contributed by atoms with E-state index >= 15 is 0 Å². The molecule has 0 atom stereocenters. The number of benzene rings is 2. The van der Waals surface area contributed by atoms with Gasteiger partial charge in [0.25, 0.3) is 0 Å². The summed E-state index contributed by atoms with van der Waals surface area (Å²) < 4.78 is 26.7. The molecule has 0 saturated carbocycles. The number of methoxy groups -OCH3 is 3. The number of fused-ring (bicyclic) bond motifs is 1. The topological polar surface area (TPSA) is 96.6 Å². The quantitative estimate of drug-likeness (QED) is 0.396. The zero-order valence-electron chi connectivity index (χ0n) is 17.0. The number of hydrogen-bond acceptors (Lipinski definition) is 8. The average Bonchev–Trinajstić information content (AvgIpc) is 3.15. The van der Waals surface area contributed by atoms with E-state index in [9.17, 15) is 9.59 Å². The van der Waals surface area contributed by atoms with E-state index in [-0.39, 0.29) is 38.2 Å². The SMILES string of the molecule is COc1cc(C2=NC(=Cc3coc4c(Cl)cc(Cl)cc4c3=O)C(=O)O2)cc(OC)c1OC. The van der Waals surface area contributed by atoms with Gasteiger partial charge in [-0.1, -0.05) is 23.2 Å². The lowest BCUT2D eigenvalue weighted by atomic mass is 10.1. The van der Waals surface area contributed by atoms with E-state index in [4.69, 9.17) is 46.6 Å². The minimum Gasteiger partial charge on any atom is -0.493 e. The number of cyclic esters (lactones) is 1. The standard InChI is InChI=1S/C22H15Cl2NO7/c1-28-16-5-10(6-17(29-2)20(16)30-3)21-25-15(22(27)32-21)4-11-9-31-19-13(18(11)26)7-12(23)8-14(19)24/h4-9H,1-3H3. The van der Waals surface area contributed by atoms with Crippen LogP contribution in [0.15, 0.2) is 50.4 Å². The number of halogens is 2. The molecular formula is C22H15Cl2NO7. The highest BCUT2D eigenvalue weighted by molar-refractivity contribution is 6.38. The van der Waals surface area contributed by atoms with E-state index in [2.05, 4.69) is 4.99 Å². The molecule has 0 spiro atoms. The number of aliphatic imine (C=N–C) groups is 1. The molecule has 2 aromatic carbocycles. The molecule has 0 radical (unpaired) electrons. The summed E-state index contributed by atoms with van der Waals surface area (Å²) in [5.74, 6) is 0.378. The molecule has 164 valence electrons. The van der Waals surface area contributed by atoms with Gasteiger partial charge in [-0.25, -0.2) is 9.79 Å². The monoisotopic (exact) mass is 475 g/mol. The maximum atomic E-state index is 12.8. The lowest BCUT2D eigenvalue weighted by Crippen LogP contribution is -2.08. The first-order valence-electron chi connectivity index (χ1n) is 9.09. The van der Waals surface area contributed by atoms with Crippen LogP contribution in [-0.2, 0) is 9.53 Å². The molecule has 0 N–H and O–H groups in total. The minimum absolute atomic E-state index is 0.0109. The fourth-order valence-electron chi connectivity index (χ4n) is 3.16. The van der Waals surface area contributed by atoms with Crippen LogP contribution in [0.25, 0.3) is 17.0 Å². The third-order valence-electron chi connectivity index (χ3n) is 4.64. The fraction of sp³-hybridized carbons (Fsp3) is 0.136. The van der Waals surface area contributed by atoms with Crippen molar-refractivity contribution >= 4 is 52.1 Å². The van der Waals surface area contributed by atoms with Crippen molar-refractivity contribution in [2.45, 2.75) is 0 Å². The number of rotatable bonds is 5. The summed E-state index contributed by atoms with van der Waals surface area (Å²) in [5.41, 5.74) is 0.178. The average molecular weight is 476 g/mol. The molecule has 0 bridgehead atoms. The summed E-state index contributed by atoms with van der Waals surface area (Å²) in [6, 6.07) is 6.08. The molecule has 1 aliphatic rings. The second-order valence-corrected chi connectivity index (χ2v) is 7.38. The van der Waals surface area contributed by atoms with Crippen LogP contribution in [0.3, 0.4) is 0 Å². The number of hydrogen-bond donors (Lipinski definition) is 0. The molecular weight excluding hydrogens is 461 g/mol. The van der Waals surface area contributed by atoms with E-state index in [1.54, 1.807) is 12.1 Å². The van der Waals surface area contributed by atoms with Gasteiger partial charge in [0.1, 0.15) is 6.26 Å². The second kappa shape index (κ2) is 8.57. The molecule has 1 aromatic heterocycles. The third-order valence-corrected chi connectivity index (χ3v) is 5.14. The van der Waals surface area contributed by atoms with Crippen molar-refractivity contribution in [2.24, 2.45) is 4.99 Å². The van der Waals surface area contributed by atoms with E-state index in [0.717, 1.165) is 0 Å². The van der Waals surface area contributed by atoms with Gasteiger partial charge in [-0.05, 0) is 30.3 Å². The Morgan fingerprint density at radius 2 is 1.66 bits per heavy atom. The van der Waals surface area contributed by atoms with E-state index in [1.165, 1.54) is 45.8 Å². The number of ether oxygens (including phenoxy) is 4. The molecule has 10 heteroatoms. The Labute approximate surface area is 191 Å². The fourth-order valence-corrected chi connectivity index (χ4v) is 3.70. The van der Waals surface area contributed by atoms with Crippen LogP contribution in [0, 0.1) is 0 Å². The van der Waals surface area contributed by atoms with Crippen LogP contribution in [0.2, 0.25) is 10.0 Å². The Hall–Kier alpha value is -3.49. The zero-order valence-corrected chi connectivity index (χ0v) is 18.5. The van der Waals surface area contributed by atoms with Crippen LogP contribution in [0.5, 0.6) is 17.2 Å². The molecule has 0 aliphatic carbocycles. The highest BCUT2D eigenvalue weighted by atomic mass is 35.5. The molecule has 4 rings (SSSR count). The zero-order chi connectivity index (χ0) is 23.0. The van der Waals surface area contributed by atoms with Gasteiger partial charge in [0.2, 0.25) is 11.6 Å². The van der Waals surface area contributed by atoms with E-state index in [0.29, 0.717) is 22.8 Å². The van der Waals surface area contributed by atoms with Crippen molar-refractivity contribution in [3.05, 3.63) is 67.6 Å². The highest BCUT2D eigenvalue weighted by Crippen LogP contribution is 2.39. The van der Waals surface area contributed by atoms with Gasteiger partial charge in [-0.3, -0.25) is 4.79 Å². The van der Waals surface area contributed by atoms with E-state index in [1.807, 2.05) is 0 Å². The summed E-state index contributed by atoms with van der Waals surface area (Å²) in [6.07, 6.45) is 2.46. The Balaban J connectivity index is 1.79. The third kappa shape index (κ3) is 3.79. The maximum Gasteiger partial charge on any atom is 0.363 e. The summed E-state index contributed by atoms with van der Waals surface area (Å²) in [6.45, 7) is 0. The highest BCUT2D eigenvalue weighted by Gasteiger charge is 2.27. The van der Waals surface area contributed by atoms with Crippen molar-refractivity contribution in [3.8, 4) is 17.2 Å². The molecule has 2 heterocycles. The molecule has 8 nitrogen and oxygen atoms in total. The lowest BCUT2D eigenvalue weighted by Gasteiger charge is -2.13. The van der Waals surface area contributed by atoms with E-state index < -0.39 is 11.4 Å². The molecule has 1 aliphatic heterocycles. The van der Waals surface area contributed by atoms with Gasteiger partial charge in [0.15, 0.2) is 28.2 Å². The van der Waals surface area contributed by atoms with Crippen molar-refractivity contribution in [3.63, 3.8) is 0 Å². The number of carbonyl (C=O) groups excluding carboxylic acids is 1. The van der Waals surface area contributed by atoms with Crippen LogP contribution < -0.4 is 19.6 Å². The Bertz CT molecular complexity index is 1350. The smallest absolute Gasteiger partial charge is 0.363 e. The predicted octanol–water partition coefficient (Wildman–Crippen LogP) is 4.47. The number of nitrogens with zero attached hydrogens (tertiary/aromatic N) is 1. The summed E-state index contributed by atoms with van der Waals surface area (Å²) in [4.78, 5) is 29.5. The minimum atomic E-state index is -0.739. The van der Waals surface area contributed by atoms with Crippen molar-refractivity contribution in [1.29, 1.82) is 0 Å². The Kier molecular flexibility index (Phi) is 5.82. The van der Waals surface area contributed by atoms with Crippen molar-refractivity contribution in [2.75, 3.05) is 21.3 Å². The van der Waals surface area contributed by atoms with Gasteiger partial charge < -0.3 is 23.4 Å². The van der Waals surface area contributed by atoms with Gasteiger partial charge in [-0.2, -0.15) is 0 Å². The van der Waals surface area contributed by atoms with Crippen LogP contribution in [0.4, 0.5) is 0 Å². The second-order valence-electron chi connectivity index (χ2n) is 6.53. The molecule has 32 heavy (non-hydrogen) atoms. The van der Waals surface area contributed by atoms with Crippen LogP contribution in [-0.4, -0.2) is 33.2 Å². The summed E-state index contributed by atoms with van der Waals surface area (Å²) >= 11 is 12.1. The summed E-state index contributed by atoms with van der Waals surface area (Å²) in [5, 5.41) is 0.659. The molecule has 0 unspecified atom stereocenters. The van der Waals surface area contributed by atoms with Crippen molar-refractivity contribution < 1.29 is 28.2 Å². The predicted molar refractivity (Wildman–Crippen MR) is 119 cm³/mol. The number of carbonyl (C=O) groups is 1. The first kappa shape index (κ1) is 21.7. The lowest BCUT2D eigenvalue weighted by molar-refractivity contribution is -0.129. The molecule has 0 saturated heterocycles. The molecule has 0 fully saturated rings. The van der Waals surface area contributed by atoms with Gasteiger partial charge in [0.05, 0.1) is 37.3 Å². The maximum absolute atomic E-state index is 12.8. The Morgan fingerprint density at radius 3 is 2.28 bits per heavy atom. The number of esters is 1. The van der Waals surface area contributed by atoms with Gasteiger partial charge >= 0.3 is 5.97 Å². The first-order chi connectivity index (χ1) is 15.4. The molecule has 0 amide bonds. The largest absolute Gasteiger partial charge is 0.493 e. The van der Waals surface area contributed by atoms with Gasteiger partial charge in [0, 0.05) is 10.6 Å².